The molecule has 3 heterocycles. The second-order valence-corrected chi connectivity index (χ2v) is 7.74. The van der Waals surface area contributed by atoms with Gasteiger partial charge in [0.1, 0.15) is 0 Å². The molecule has 0 aliphatic carbocycles. The number of likely N-dealkylation sites (tertiary alicyclic amines) is 1. The Balaban J connectivity index is 1.27. The summed E-state index contributed by atoms with van der Waals surface area (Å²) >= 11 is 0. The van der Waals surface area contributed by atoms with E-state index in [-0.39, 0.29) is 11.7 Å². The zero-order valence-corrected chi connectivity index (χ0v) is 16.6. The van der Waals surface area contributed by atoms with E-state index in [1.54, 1.807) is 12.4 Å². The summed E-state index contributed by atoms with van der Waals surface area (Å²) in [6, 6.07) is 17.8. The van der Waals surface area contributed by atoms with E-state index in [4.69, 9.17) is 4.42 Å². The fourth-order valence-electron chi connectivity index (χ4n) is 4.11. The molecule has 1 saturated heterocycles. The summed E-state index contributed by atoms with van der Waals surface area (Å²) in [6.45, 7) is 2.18. The molecule has 30 heavy (non-hydrogen) atoms. The highest BCUT2D eigenvalue weighted by molar-refractivity contribution is 6.01. The lowest BCUT2D eigenvalue weighted by atomic mass is 9.89. The van der Waals surface area contributed by atoms with Gasteiger partial charge in [-0.15, -0.1) is 10.2 Å². The number of carbonyl (C=O) groups excluding carboxylic acids is 1. The van der Waals surface area contributed by atoms with Crippen molar-refractivity contribution in [3.05, 3.63) is 78.4 Å². The van der Waals surface area contributed by atoms with Crippen LogP contribution >= 0.6 is 0 Å². The van der Waals surface area contributed by atoms with Gasteiger partial charge in [0.25, 0.3) is 0 Å². The summed E-state index contributed by atoms with van der Waals surface area (Å²) in [6.07, 6.45) is 5.30. The first-order valence-electron chi connectivity index (χ1n) is 10.2. The fraction of sp³-hybridized carbons (Fsp3) is 0.250. The fourth-order valence-corrected chi connectivity index (χ4v) is 4.11. The average molecular weight is 398 g/mol. The van der Waals surface area contributed by atoms with Gasteiger partial charge in [0.15, 0.2) is 5.78 Å². The summed E-state index contributed by atoms with van der Waals surface area (Å²) in [5.74, 6) is 1.24. The Labute approximate surface area is 174 Å². The van der Waals surface area contributed by atoms with Gasteiger partial charge in [0.05, 0.1) is 12.1 Å². The molecular weight excluding hydrogens is 376 g/mol. The maximum absolute atomic E-state index is 13.1. The Morgan fingerprint density at radius 3 is 2.83 bits per heavy atom. The van der Waals surface area contributed by atoms with Crippen molar-refractivity contribution in [1.29, 1.82) is 0 Å². The molecule has 1 fully saturated rings. The molecule has 1 unspecified atom stereocenters. The Hall–Kier alpha value is -3.38. The smallest absolute Gasteiger partial charge is 0.249 e. The predicted molar refractivity (Wildman–Crippen MR) is 114 cm³/mol. The number of hydrogen-bond donors (Lipinski definition) is 0. The summed E-state index contributed by atoms with van der Waals surface area (Å²) < 4.78 is 5.81. The van der Waals surface area contributed by atoms with Crippen molar-refractivity contribution in [2.45, 2.75) is 19.4 Å². The molecule has 0 spiro atoms. The number of pyridine rings is 1. The Morgan fingerprint density at radius 2 is 1.97 bits per heavy atom. The molecule has 0 amide bonds. The molecule has 4 aromatic rings. The van der Waals surface area contributed by atoms with Crippen LogP contribution in [0, 0.1) is 5.92 Å². The molecule has 5 rings (SSSR count). The van der Waals surface area contributed by atoms with Crippen molar-refractivity contribution in [3.8, 4) is 11.5 Å². The summed E-state index contributed by atoms with van der Waals surface area (Å²) in [7, 11) is 0. The van der Waals surface area contributed by atoms with Crippen molar-refractivity contribution in [2.75, 3.05) is 13.1 Å². The third-order valence-corrected chi connectivity index (χ3v) is 5.64. The highest BCUT2D eigenvalue weighted by Crippen LogP contribution is 2.25. The number of benzene rings is 2. The van der Waals surface area contributed by atoms with Crippen LogP contribution in [0.2, 0.25) is 0 Å². The van der Waals surface area contributed by atoms with Gasteiger partial charge in [-0.1, -0.05) is 36.4 Å². The van der Waals surface area contributed by atoms with Crippen molar-refractivity contribution in [3.63, 3.8) is 0 Å². The van der Waals surface area contributed by atoms with E-state index in [2.05, 4.69) is 32.2 Å². The number of rotatable bonds is 5. The largest absolute Gasteiger partial charge is 0.419 e. The van der Waals surface area contributed by atoms with Crippen LogP contribution in [0.1, 0.15) is 29.1 Å². The third kappa shape index (κ3) is 3.86. The monoisotopic (exact) mass is 398 g/mol. The highest BCUT2D eigenvalue weighted by Gasteiger charge is 2.27. The first kappa shape index (κ1) is 18.6. The summed E-state index contributed by atoms with van der Waals surface area (Å²) in [4.78, 5) is 19.5. The minimum Gasteiger partial charge on any atom is -0.419 e. The average Bonchev–Trinajstić information content (AvgIpc) is 3.27. The van der Waals surface area contributed by atoms with Crippen LogP contribution in [-0.2, 0) is 6.54 Å². The lowest BCUT2D eigenvalue weighted by Crippen LogP contribution is -2.38. The molecule has 0 N–H and O–H groups in total. The van der Waals surface area contributed by atoms with E-state index >= 15 is 0 Å². The number of hydrogen-bond acceptors (Lipinski definition) is 6. The first-order valence-corrected chi connectivity index (χ1v) is 10.2. The minimum atomic E-state index is -0.0133. The number of ketones is 1. The van der Waals surface area contributed by atoms with Crippen molar-refractivity contribution < 1.29 is 9.21 Å². The Kier molecular flexibility index (Phi) is 5.07. The van der Waals surface area contributed by atoms with E-state index in [9.17, 15) is 4.79 Å². The molecule has 2 aromatic heterocycles. The van der Waals surface area contributed by atoms with Gasteiger partial charge < -0.3 is 4.42 Å². The van der Waals surface area contributed by atoms with Crippen LogP contribution in [-0.4, -0.2) is 39.0 Å². The van der Waals surface area contributed by atoms with Gasteiger partial charge in [0.2, 0.25) is 11.8 Å². The van der Waals surface area contributed by atoms with E-state index in [1.165, 1.54) is 0 Å². The highest BCUT2D eigenvalue weighted by atomic mass is 16.4. The molecule has 0 radical (unpaired) electrons. The van der Waals surface area contributed by atoms with Crippen LogP contribution in [0.25, 0.3) is 22.2 Å². The number of Topliss-reactive ketones (excluding diaryl/α,β-unsaturated/α-hetero) is 1. The second-order valence-electron chi connectivity index (χ2n) is 7.74. The number of carbonyl (C=O) groups is 1. The molecule has 6 heteroatoms. The zero-order valence-electron chi connectivity index (χ0n) is 16.6. The molecule has 1 aliphatic rings. The lowest BCUT2D eigenvalue weighted by Gasteiger charge is -2.31. The molecule has 1 atom stereocenters. The van der Waals surface area contributed by atoms with Gasteiger partial charge in [-0.05, 0) is 48.4 Å². The molecule has 1 aliphatic heterocycles. The minimum absolute atomic E-state index is 0.0133. The topological polar surface area (TPSA) is 72.1 Å². The maximum Gasteiger partial charge on any atom is 0.249 e. The van der Waals surface area contributed by atoms with Crippen LogP contribution in [0.5, 0.6) is 0 Å². The van der Waals surface area contributed by atoms with E-state index in [1.807, 2.05) is 42.5 Å². The van der Waals surface area contributed by atoms with Crippen LogP contribution in [0.15, 0.2) is 71.4 Å². The predicted octanol–water partition coefficient (Wildman–Crippen LogP) is 4.38. The van der Waals surface area contributed by atoms with E-state index < -0.39 is 0 Å². The lowest BCUT2D eigenvalue weighted by molar-refractivity contribution is 0.0800. The zero-order chi connectivity index (χ0) is 20.3. The molecular formula is C24H22N4O2. The quantitative estimate of drug-likeness (QED) is 0.465. The SMILES string of the molecule is O=C(c1ccc2ccccc2c1)C1CCCN(Cc2nnc(-c3cccnc3)o2)C1. The number of aromatic nitrogens is 3. The molecule has 2 aromatic carbocycles. The molecule has 0 bridgehead atoms. The van der Waals surface area contributed by atoms with Gasteiger partial charge in [0, 0.05) is 30.4 Å². The number of piperidine rings is 1. The molecule has 150 valence electrons. The Bertz CT molecular complexity index is 1170. The van der Waals surface area contributed by atoms with Gasteiger partial charge in [-0.25, -0.2) is 0 Å². The Morgan fingerprint density at radius 1 is 1.07 bits per heavy atom. The third-order valence-electron chi connectivity index (χ3n) is 5.64. The van der Waals surface area contributed by atoms with Crippen LogP contribution < -0.4 is 0 Å². The first-order chi connectivity index (χ1) is 14.8. The number of nitrogens with zero attached hydrogens (tertiary/aromatic N) is 4. The van der Waals surface area contributed by atoms with Crippen molar-refractivity contribution in [1.82, 2.24) is 20.1 Å². The van der Waals surface area contributed by atoms with Crippen LogP contribution in [0.4, 0.5) is 0 Å². The van der Waals surface area contributed by atoms with Gasteiger partial charge in [-0.2, -0.15) is 0 Å². The summed E-state index contributed by atoms with van der Waals surface area (Å²) in [5, 5.41) is 10.6. The van der Waals surface area contributed by atoms with Gasteiger partial charge in [-0.3, -0.25) is 14.7 Å². The normalized spacial score (nSPS) is 17.3. The van der Waals surface area contributed by atoms with Crippen LogP contribution in [0.3, 0.4) is 0 Å². The molecule has 0 saturated carbocycles. The second kappa shape index (κ2) is 8.16. The summed E-state index contributed by atoms with van der Waals surface area (Å²) in [5.41, 5.74) is 1.59. The number of fused-ring (bicyclic) bond motifs is 1. The standard InChI is InChI=1S/C24H22N4O2/c29-23(19-10-9-17-5-1-2-6-18(17)13-19)21-8-4-12-28(15-21)16-22-26-27-24(30-22)20-7-3-11-25-14-20/h1-3,5-7,9-11,13-14,21H,4,8,12,15-16H2. The van der Waals surface area contributed by atoms with E-state index in [0.717, 1.165) is 41.3 Å². The van der Waals surface area contributed by atoms with E-state index in [0.29, 0.717) is 24.9 Å². The molecule has 6 nitrogen and oxygen atoms in total. The maximum atomic E-state index is 13.1. The van der Waals surface area contributed by atoms with Crippen molar-refractivity contribution in [2.24, 2.45) is 5.92 Å². The van der Waals surface area contributed by atoms with Crippen molar-refractivity contribution >= 4 is 16.6 Å². The van der Waals surface area contributed by atoms with Gasteiger partial charge >= 0.3 is 0 Å².